The fourth-order valence-corrected chi connectivity index (χ4v) is 2.78. The zero-order valence-corrected chi connectivity index (χ0v) is 11.7. The van der Waals surface area contributed by atoms with Crippen molar-refractivity contribution in [3.8, 4) is 0 Å². The number of carbonyl (C=O) groups excluding carboxylic acids is 1. The third-order valence-corrected chi connectivity index (χ3v) is 4.50. The lowest BCUT2D eigenvalue weighted by molar-refractivity contribution is -0.124. The molecule has 0 aromatic heterocycles. The van der Waals surface area contributed by atoms with E-state index in [1.165, 1.54) is 12.8 Å². The average Bonchev–Trinajstić information content (AvgIpc) is 2.83. The lowest BCUT2D eigenvalue weighted by Gasteiger charge is -2.29. The van der Waals surface area contributed by atoms with Gasteiger partial charge in [-0.15, -0.1) is 0 Å². The Kier molecular flexibility index (Phi) is 6.09. The highest BCUT2D eigenvalue weighted by atomic mass is 16.3. The second kappa shape index (κ2) is 7.10. The number of hydrogen-bond donors (Lipinski definition) is 3. The van der Waals surface area contributed by atoms with Crippen LogP contribution < -0.4 is 11.1 Å². The zero-order chi connectivity index (χ0) is 13.6. The van der Waals surface area contributed by atoms with E-state index in [9.17, 15) is 4.79 Å². The van der Waals surface area contributed by atoms with E-state index in [0.29, 0.717) is 6.54 Å². The van der Waals surface area contributed by atoms with E-state index < -0.39 is 6.04 Å². The van der Waals surface area contributed by atoms with E-state index in [2.05, 4.69) is 5.32 Å². The molecule has 2 unspecified atom stereocenters. The molecule has 1 aliphatic rings. The number of amides is 1. The highest BCUT2D eigenvalue weighted by Crippen LogP contribution is 2.40. The molecule has 0 spiro atoms. The Hall–Kier alpha value is -0.610. The van der Waals surface area contributed by atoms with Crippen molar-refractivity contribution in [2.75, 3.05) is 13.2 Å². The quantitative estimate of drug-likeness (QED) is 0.645. The van der Waals surface area contributed by atoms with Crippen LogP contribution in [-0.2, 0) is 4.79 Å². The Morgan fingerprint density at radius 2 is 2.06 bits per heavy atom. The molecule has 1 amide bonds. The van der Waals surface area contributed by atoms with Gasteiger partial charge in [-0.2, -0.15) is 0 Å². The van der Waals surface area contributed by atoms with Crippen molar-refractivity contribution in [2.45, 2.75) is 58.4 Å². The molecule has 4 N–H and O–H groups in total. The number of rotatable bonds is 7. The number of nitrogens with one attached hydrogen (secondary N) is 1. The van der Waals surface area contributed by atoms with Crippen LogP contribution in [0.1, 0.15) is 52.4 Å². The first-order valence-corrected chi connectivity index (χ1v) is 7.19. The molecule has 0 heterocycles. The van der Waals surface area contributed by atoms with Crippen LogP contribution in [0.5, 0.6) is 0 Å². The van der Waals surface area contributed by atoms with Gasteiger partial charge in [-0.25, -0.2) is 0 Å². The molecule has 0 aliphatic heterocycles. The first-order valence-electron chi connectivity index (χ1n) is 7.19. The molecular weight excluding hydrogens is 228 g/mol. The highest BCUT2D eigenvalue weighted by Gasteiger charge is 2.34. The standard InChI is InChI=1S/C14H28N2O2/c1-3-11(2)12(15)13(18)16-10-14(8-9-17)6-4-5-7-14/h11-12,17H,3-10,15H2,1-2H3,(H,16,18). The molecule has 0 saturated heterocycles. The monoisotopic (exact) mass is 256 g/mol. The molecule has 4 heteroatoms. The van der Waals surface area contributed by atoms with Crippen molar-refractivity contribution in [3.63, 3.8) is 0 Å². The Balaban J connectivity index is 2.45. The Labute approximate surface area is 110 Å². The topological polar surface area (TPSA) is 75.4 Å². The third-order valence-electron chi connectivity index (χ3n) is 4.50. The van der Waals surface area contributed by atoms with Gasteiger partial charge in [0, 0.05) is 13.2 Å². The maximum atomic E-state index is 11.9. The van der Waals surface area contributed by atoms with Crippen molar-refractivity contribution in [2.24, 2.45) is 17.1 Å². The van der Waals surface area contributed by atoms with E-state index in [-0.39, 0.29) is 23.8 Å². The summed E-state index contributed by atoms with van der Waals surface area (Å²) in [5, 5.41) is 12.1. The van der Waals surface area contributed by atoms with Crippen LogP contribution in [0.2, 0.25) is 0 Å². The predicted octanol–water partition coefficient (Wildman–Crippen LogP) is 1.42. The molecule has 106 valence electrons. The summed E-state index contributed by atoms with van der Waals surface area (Å²) < 4.78 is 0. The maximum Gasteiger partial charge on any atom is 0.237 e. The summed E-state index contributed by atoms with van der Waals surface area (Å²) in [5.74, 6) is 0.163. The van der Waals surface area contributed by atoms with Crippen LogP contribution in [0.25, 0.3) is 0 Å². The van der Waals surface area contributed by atoms with Gasteiger partial charge in [0.15, 0.2) is 0 Å². The number of aliphatic hydroxyl groups excluding tert-OH is 1. The Morgan fingerprint density at radius 3 is 2.56 bits per heavy atom. The lowest BCUT2D eigenvalue weighted by atomic mass is 9.82. The van der Waals surface area contributed by atoms with Crippen molar-refractivity contribution in [1.82, 2.24) is 5.32 Å². The number of aliphatic hydroxyl groups is 1. The van der Waals surface area contributed by atoms with E-state index in [0.717, 1.165) is 25.7 Å². The Bertz CT molecular complexity index is 263. The van der Waals surface area contributed by atoms with Crippen LogP contribution >= 0.6 is 0 Å². The molecule has 0 aromatic rings. The molecular formula is C14H28N2O2. The van der Waals surface area contributed by atoms with Crippen LogP contribution in [0, 0.1) is 11.3 Å². The van der Waals surface area contributed by atoms with Crippen molar-refractivity contribution < 1.29 is 9.90 Å². The van der Waals surface area contributed by atoms with E-state index >= 15 is 0 Å². The van der Waals surface area contributed by atoms with E-state index in [1.807, 2.05) is 13.8 Å². The third kappa shape index (κ3) is 3.95. The average molecular weight is 256 g/mol. The summed E-state index contributed by atoms with van der Waals surface area (Å²) in [7, 11) is 0. The van der Waals surface area contributed by atoms with Gasteiger partial charge in [-0.05, 0) is 30.6 Å². The summed E-state index contributed by atoms with van der Waals surface area (Å²) in [6.45, 7) is 4.91. The smallest absolute Gasteiger partial charge is 0.237 e. The second-order valence-electron chi connectivity index (χ2n) is 5.81. The van der Waals surface area contributed by atoms with E-state index in [4.69, 9.17) is 10.8 Å². The van der Waals surface area contributed by atoms with Gasteiger partial charge in [-0.3, -0.25) is 4.79 Å². The Morgan fingerprint density at radius 1 is 1.44 bits per heavy atom. The van der Waals surface area contributed by atoms with Gasteiger partial charge in [0.2, 0.25) is 5.91 Å². The minimum Gasteiger partial charge on any atom is -0.396 e. The highest BCUT2D eigenvalue weighted by molar-refractivity contribution is 5.81. The minimum atomic E-state index is -0.414. The van der Waals surface area contributed by atoms with Crippen molar-refractivity contribution >= 4 is 5.91 Å². The van der Waals surface area contributed by atoms with E-state index in [1.54, 1.807) is 0 Å². The summed E-state index contributed by atoms with van der Waals surface area (Å²) in [6.07, 6.45) is 6.31. The van der Waals surface area contributed by atoms with Crippen molar-refractivity contribution in [3.05, 3.63) is 0 Å². The number of carbonyl (C=O) groups is 1. The van der Waals surface area contributed by atoms with Gasteiger partial charge in [0.25, 0.3) is 0 Å². The molecule has 4 nitrogen and oxygen atoms in total. The summed E-state index contributed by atoms with van der Waals surface area (Å²) in [4.78, 5) is 11.9. The maximum absolute atomic E-state index is 11.9. The summed E-state index contributed by atoms with van der Waals surface area (Å²) in [5.41, 5.74) is 6.02. The van der Waals surface area contributed by atoms with Gasteiger partial charge in [0.1, 0.15) is 0 Å². The second-order valence-corrected chi connectivity index (χ2v) is 5.81. The lowest BCUT2D eigenvalue weighted by Crippen LogP contribution is -2.47. The van der Waals surface area contributed by atoms with Crippen LogP contribution in [0.4, 0.5) is 0 Å². The van der Waals surface area contributed by atoms with Gasteiger partial charge in [-0.1, -0.05) is 33.1 Å². The molecule has 1 saturated carbocycles. The molecule has 0 bridgehead atoms. The molecule has 1 aliphatic carbocycles. The van der Waals surface area contributed by atoms with Gasteiger partial charge < -0.3 is 16.2 Å². The summed E-state index contributed by atoms with van der Waals surface area (Å²) in [6, 6.07) is -0.414. The SMILES string of the molecule is CCC(C)C(N)C(=O)NCC1(CCO)CCCC1. The fourth-order valence-electron chi connectivity index (χ4n) is 2.78. The molecule has 0 radical (unpaired) electrons. The fraction of sp³-hybridized carbons (Fsp3) is 0.929. The minimum absolute atomic E-state index is 0.0476. The molecule has 2 atom stereocenters. The van der Waals surface area contributed by atoms with Gasteiger partial charge >= 0.3 is 0 Å². The predicted molar refractivity (Wildman–Crippen MR) is 73.0 cm³/mol. The van der Waals surface area contributed by atoms with Crippen LogP contribution in [-0.4, -0.2) is 30.2 Å². The first-order chi connectivity index (χ1) is 8.54. The molecule has 1 rings (SSSR count). The molecule has 0 aromatic carbocycles. The number of nitrogens with two attached hydrogens (primary N) is 1. The zero-order valence-electron chi connectivity index (χ0n) is 11.7. The van der Waals surface area contributed by atoms with Crippen molar-refractivity contribution in [1.29, 1.82) is 0 Å². The first kappa shape index (κ1) is 15.4. The normalized spacial score (nSPS) is 21.6. The van der Waals surface area contributed by atoms with Gasteiger partial charge in [0.05, 0.1) is 6.04 Å². The number of hydrogen-bond acceptors (Lipinski definition) is 3. The van der Waals surface area contributed by atoms with Crippen LogP contribution in [0.15, 0.2) is 0 Å². The summed E-state index contributed by atoms with van der Waals surface area (Å²) >= 11 is 0. The molecule has 1 fully saturated rings. The van der Waals surface area contributed by atoms with Crippen LogP contribution in [0.3, 0.4) is 0 Å². The largest absolute Gasteiger partial charge is 0.396 e. The molecule has 18 heavy (non-hydrogen) atoms.